The van der Waals surface area contributed by atoms with Crippen molar-refractivity contribution in [3.8, 4) is 5.75 Å². The summed E-state index contributed by atoms with van der Waals surface area (Å²) in [5, 5.41) is 5.69. The monoisotopic (exact) mass is 468 g/mol. The van der Waals surface area contributed by atoms with Gasteiger partial charge in [-0.3, -0.25) is 9.59 Å². The number of fused-ring (bicyclic) bond motifs is 1. The summed E-state index contributed by atoms with van der Waals surface area (Å²) in [5.74, 6) is -0.165. The van der Waals surface area contributed by atoms with Crippen LogP contribution in [0.1, 0.15) is 12.5 Å². The third kappa shape index (κ3) is 3.91. The van der Waals surface area contributed by atoms with E-state index in [-0.39, 0.29) is 5.70 Å². The van der Waals surface area contributed by atoms with Crippen molar-refractivity contribution in [3.63, 3.8) is 0 Å². The first-order valence-corrected chi connectivity index (χ1v) is 11.3. The highest BCUT2D eigenvalue weighted by Crippen LogP contribution is 2.36. The highest BCUT2D eigenvalue weighted by molar-refractivity contribution is 6.46. The predicted molar refractivity (Wildman–Crippen MR) is 136 cm³/mol. The van der Waals surface area contributed by atoms with Crippen LogP contribution in [0, 0.1) is 0 Å². The maximum Gasteiger partial charge on any atom is 0.282 e. The molecule has 0 radical (unpaired) electrons. The van der Waals surface area contributed by atoms with Gasteiger partial charge in [0.1, 0.15) is 11.4 Å². The zero-order chi connectivity index (χ0) is 23.7. The van der Waals surface area contributed by atoms with Gasteiger partial charge in [-0.2, -0.15) is 0 Å². The number of hydrogen-bond donors (Lipinski definition) is 1. The Labute approximate surface area is 202 Å². The van der Waals surface area contributed by atoms with Crippen LogP contribution in [0.2, 0.25) is 5.02 Å². The molecule has 0 unspecified atom stereocenters. The van der Waals surface area contributed by atoms with E-state index >= 15 is 0 Å². The SMILES string of the molecule is CCOc1ccc(C2=C(Nc3cccc4ccccc34)C(=O)N(c3cccc(Cl)c3)C2=O)cc1. The number of imide groups is 1. The number of carbonyl (C=O) groups is 2. The Balaban J connectivity index is 1.64. The summed E-state index contributed by atoms with van der Waals surface area (Å²) in [5.41, 5.74) is 2.28. The van der Waals surface area contributed by atoms with Gasteiger partial charge in [-0.1, -0.05) is 66.2 Å². The van der Waals surface area contributed by atoms with E-state index in [1.54, 1.807) is 48.5 Å². The van der Waals surface area contributed by atoms with Crippen molar-refractivity contribution in [2.24, 2.45) is 0 Å². The summed E-state index contributed by atoms with van der Waals surface area (Å²) in [4.78, 5) is 28.4. The summed E-state index contributed by atoms with van der Waals surface area (Å²) in [7, 11) is 0. The molecule has 4 aromatic rings. The van der Waals surface area contributed by atoms with Crippen LogP contribution in [0.25, 0.3) is 16.3 Å². The molecule has 0 saturated carbocycles. The van der Waals surface area contributed by atoms with E-state index in [0.29, 0.717) is 34.2 Å². The van der Waals surface area contributed by atoms with E-state index in [0.717, 1.165) is 21.4 Å². The standard InChI is InChI=1S/C28H21ClN2O3/c1-2-34-22-15-13-19(14-16-22)25-26(30-24-12-5-8-18-7-3-4-11-23(18)24)28(33)31(27(25)32)21-10-6-9-20(29)17-21/h3-17,30H,2H2,1H3. The van der Waals surface area contributed by atoms with Gasteiger partial charge in [-0.05, 0) is 54.3 Å². The first-order valence-electron chi connectivity index (χ1n) is 10.9. The van der Waals surface area contributed by atoms with E-state index in [4.69, 9.17) is 16.3 Å². The number of halogens is 1. The van der Waals surface area contributed by atoms with Crippen LogP contribution >= 0.6 is 11.6 Å². The van der Waals surface area contributed by atoms with Gasteiger partial charge in [0.25, 0.3) is 11.8 Å². The molecule has 168 valence electrons. The molecule has 0 fully saturated rings. The van der Waals surface area contributed by atoms with E-state index in [1.807, 2.05) is 49.4 Å². The molecule has 1 aliphatic heterocycles. The van der Waals surface area contributed by atoms with Gasteiger partial charge in [0, 0.05) is 16.1 Å². The predicted octanol–water partition coefficient (Wildman–Crippen LogP) is 6.29. The summed E-state index contributed by atoms with van der Waals surface area (Å²) in [6, 6.07) is 27.6. The van der Waals surface area contributed by atoms with E-state index in [1.165, 1.54) is 0 Å². The molecule has 0 atom stereocenters. The van der Waals surface area contributed by atoms with Gasteiger partial charge in [0.2, 0.25) is 0 Å². The van der Waals surface area contributed by atoms with E-state index in [2.05, 4.69) is 5.32 Å². The van der Waals surface area contributed by atoms with Gasteiger partial charge >= 0.3 is 0 Å². The molecule has 0 spiro atoms. The number of amides is 2. The van der Waals surface area contributed by atoms with Crippen LogP contribution in [0.4, 0.5) is 11.4 Å². The molecule has 6 heteroatoms. The minimum Gasteiger partial charge on any atom is -0.494 e. The molecule has 0 aliphatic carbocycles. The van der Waals surface area contributed by atoms with Gasteiger partial charge in [0.15, 0.2) is 0 Å². The maximum atomic E-state index is 13.6. The number of hydrogen-bond acceptors (Lipinski definition) is 4. The minimum atomic E-state index is -0.441. The first-order chi connectivity index (χ1) is 16.6. The molecule has 34 heavy (non-hydrogen) atoms. The zero-order valence-electron chi connectivity index (χ0n) is 18.4. The number of rotatable bonds is 6. The zero-order valence-corrected chi connectivity index (χ0v) is 19.2. The van der Waals surface area contributed by atoms with Crippen LogP contribution in [0.15, 0.2) is 96.7 Å². The summed E-state index contributed by atoms with van der Waals surface area (Å²) in [6.07, 6.45) is 0. The second-order valence-electron chi connectivity index (χ2n) is 7.78. The van der Waals surface area contributed by atoms with Crippen molar-refractivity contribution in [2.75, 3.05) is 16.8 Å². The minimum absolute atomic E-state index is 0.213. The Morgan fingerprint density at radius 3 is 2.35 bits per heavy atom. The number of carbonyl (C=O) groups excluding carboxylic acids is 2. The molecule has 0 saturated heterocycles. The fourth-order valence-corrected chi connectivity index (χ4v) is 4.30. The summed E-state index contributed by atoms with van der Waals surface area (Å²) >= 11 is 6.16. The molecule has 0 bridgehead atoms. The molecule has 5 rings (SSSR count). The average Bonchev–Trinajstić information content (AvgIpc) is 3.09. The van der Waals surface area contributed by atoms with Crippen molar-refractivity contribution in [1.82, 2.24) is 0 Å². The molecular weight excluding hydrogens is 448 g/mol. The lowest BCUT2D eigenvalue weighted by Crippen LogP contribution is -2.32. The number of anilines is 2. The normalized spacial score (nSPS) is 13.6. The van der Waals surface area contributed by atoms with Crippen molar-refractivity contribution in [3.05, 3.63) is 107 Å². The molecule has 1 aliphatic rings. The lowest BCUT2D eigenvalue weighted by atomic mass is 10.0. The number of benzene rings is 4. The lowest BCUT2D eigenvalue weighted by molar-refractivity contribution is -0.120. The van der Waals surface area contributed by atoms with E-state index < -0.39 is 11.8 Å². The average molecular weight is 469 g/mol. The Morgan fingerprint density at radius 1 is 0.853 bits per heavy atom. The fraction of sp³-hybridized carbons (Fsp3) is 0.0714. The van der Waals surface area contributed by atoms with Gasteiger partial charge < -0.3 is 10.1 Å². The Morgan fingerprint density at radius 2 is 1.59 bits per heavy atom. The molecule has 0 aromatic heterocycles. The Bertz CT molecular complexity index is 1440. The van der Waals surface area contributed by atoms with Crippen LogP contribution in [0.5, 0.6) is 5.75 Å². The Hall–Kier alpha value is -4.09. The largest absolute Gasteiger partial charge is 0.494 e. The summed E-state index contributed by atoms with van der Waals surface area (Å²) < 4.78 is 5.54. The third-order valence-electron chi connectivity index (χ3n) is 5.65. The molecule has 4 aromatic carbocycles. The molecular formula is C28H21ClN2O3. The van der Waals surface area contributed by atoms with Crippen molar-refractivity contribution < 1.29 is 14.3 Å². The van der Waals surface area contributed by atoms with Gasteiger partial charge in [-0.25, -0.2) is 4.90 Å². The van der Waals surface area contributed by atoms with Gasteiger partial charge in [0.05, 0.1) is 17.9 Å². The van der Waals surface area contributed by atoms with Crippen molar-refractivity contribution >= 4 is 51.1 Å². The van der Waals surface area contributed by atoms with E-state index in [9.17, 15) is 9.59 Å². The quantitative estimate of drug-likeness (QED) is 0.338. The Kier molecular flexibility index (Phi) is 5.78. The fourth-order valence-electron chi connectivity index (χ4n) is 4.12. The van der Waals surface area contributed by atoms with Crippen molar-refractivity contribution in [1.29, 1.82) is 0 Å². The summed E-state index contributed by atoms with van der Waals surface area (Å²) in [6.45, 7) is 2.45. The highest BCUT2D eigenvalue weighted by Gasteiger charge is 2.40. The van der Waals surface area contributed by atoms with Crippen LogP contribution in [-0.4, -0.2) is 18.4 Å². The second kappa shape index (κ2) is 9.04. The lowest BCUT2D eigenvalue weighted by Gasteiger charge is -2.16. The van der Waals surface area contributed by atoms with Crippen LogP contribution < -0.4 is 15.0 Å². The topological polar surface area (TPSA) is 58.6 Å². The molecule has 5 nitrogen and oxygen atoms in total. The maximum absolute atomic E-state index is 13.6. The number of nitrogens with zero attached hydrogens (tertiary/aromatic N) is 1. The van der Waals surface area contributed by atoms with Gasteiger partial charge in [-0.15, -0.1) is 0 Å². The molecule has 1 N–H and O–H groups in total. The third-order valence-corrected chi connectivity index (χ3v) is 5.89. The molecule has 1 heterocycles. The first kappa shape index (κ1) is 21.7. The highest BCUT2D eigenvalue weighted by atomic mass is 35.5. The smallest absolute Gasteiger partial charge is 0.282 e. The van der Waals surface area contributed by atoms with Crippen LogP contribution in [0.3, 0.4) is 0 Å². The molecule has 2 amide bonds. The van der Waals surface area contributed by atoms with Crippen molar-refractivity contribution in [2.45, 2.75) is 6.92 Å². The van der Waals surface area contributed by atoms with Crippen LogP contribution in [-0.2, 0) is 9.59 Å². The number of nitrogens with one attached hydrogen (secondary N) is 1. The number of ether oxygens (including phenoxy) is 1. The second-order valence-corrected chi connectivity index (χ2v) is 8.22.